The fourth-order valence-electron chi connectivity index (χ4n) is 2.49. The zero-order chi connectivity index (χ0) is 14.7. The smallest absolute Gasteiger partial charge is 0.225 e. The first-order valence-corrected chi connectivity index (χ1v) is 7.97. The van der Waals surface area contributed by atoms with E-state index in [9.17, 15) is 0 Å². The number of nitrogens with zero attached hydrogens (tertiary/aromatic N) is 3. The van der Waals surface area contributed by atoms with Gasteiger partial charge in [-0.1, -0.05) is 22.0 Å². The van der Waals surface area contributed by atoms with Crippen LogP contribution in [-0.4, -0.2) is 29.2 Å². The van der Waals surface area contributed by atoms with Crippen molar-refractivity contribution in [1.82, 2.24) is 9.97 Å². The zero-order valence-electron chi connectivity index (χ0n) is 12.0. The molecule has 0 aliphatic carbocycles. The lowest BCUT2D eigenvalue weighted by Gasteiger charge is -2.32. The number of benzene rings is 1. The monoisotopic (exact) mass is 347 g/mol. The first-order chi connectivity index (χ1) is 10.2. The van der Waals surface area contributed by atoms with E-state index in [1.807, 2.05) is 43.5 Å². The van der Waals surface area contributed by atoms with Gasteiger partial charge in [0.05, 0.1) is 0 Å². The highest BCUT2D eigenvalue weighted by atomic mass is 79.9. The van der Waals surface area contributed by atoms with E-state index in [0.29, 0.717) is 0 Å². The Balaban J connectivity index is 1.58. The van der Waals surface area contributed by atoms with Gasteiger partial charge in [0.25, 0.3) is 0 Å². The van der Waals surface area contributed by atoms with E-state index in [0.717, 1.165) is 47.8 Å². The number of anilines is 1. The molecule has 0 bridgehead atoms. The van der Waals surface area contributed by atoms with Crippen LogP contribution in [0.4, 0.5) is 5.95 Å². The molecule has 5 heteroatoms. The number of piperidine rings is 1. The van der Waals surface area contributed by atoms with Gasteiger partial charge in [0, 0.05) is 42.3 Å². The maximum Gasteiger partial charge on any atom is 0.225 e. The van der Waals surface area contributed by atoms with E-state index in [4.69, 9.17) is 4.74 Å². The summed E-state index contributed by atoms with van der Waals surface area (Å²) < 4.78 is 7.09. The molecule has 21 heavy (non-hydrogen) atoms. The second-order valence-corrected chi connectivity index (χ2v) is 6.18. The Morgan fingerprint density at radius 3 is 2.76 bits per heavy atom. The third-order valence-corrected chi connectivity index (χ3v) is 4.10. The first-order valence-electron chi connectivity index (χ1n) is 7.17. The van der Waals surface area contributed by atoms with Crippen LogP contribution in [0.2, 0.25) is 0 Å². The molecular weight excluding hydrogens is 330 g/mol. The Labute approximate surface area is 133 Å². The van der Waals surface area contributed by atoms with Crippen LogP contribution in [0, 0.1) is 6.92 Å². The molecule has 1 saturated heterocycles. The fourth-order valence-corrected chi connectivity index (χ4v) is 2.87. The summed E-state index contributed by atoms with van der Waals surface area (Å²) in [7, 11) is 0. The molecule has 1 fully saturated rings. The molecule has 1 aromatic carbocycles. The largest absolute Gasteiger partial charge is 0.490 e. The van der Waals surface area contributed by atoms with Crippen LogP contribution < -0.4 is 9.64 Å². The van der Waals surface area contributed by atoms with E-state index in [1.54, 1.807) is 0 Å². The van der Waals surface area contributed by atoms with Crippen LogP contribution in [0.5, 0.6) is 5.75 Å². The van der Waals surface area contributed by atoms with Gasteiger partial charge in [-0.3, -0.25) is 0 Å². The van der Waals surface area contributed by atoms with Gasteiger partial charge in [-0.15, -0.1) is 0 Å². The first kappa shape index (κ1) is 14.3. The van der Waals surface area contributed by atoms with Crippen LogP contribution in [0.15, 0.2) is 41.0 Å². The molecule has 0 atom stereocenters. The fraction of sp³-hybridized carbons (Fsp3) is 0.375. The van der Waals surface area contributed by atoms with Gasteiger partial charge in [-0.2, -0.15) is 0 Å². The van der Waals surface area contributed by atoms with Crippen LogP contribution in [0.1, 0.15) is 18.5 Å². The van der Waals surface area contributed by atoms with Crippen molar-refractivity contribution in [3.8, 4) is 5.75 Å². The standard InChI is InChI=1S/C16H18BrN3O/c1-12-5-8-18-16(19-12)20-9-6-14(7-10-20)21-15-4-2-3-13(17)11-15/h2-5,8,11,14H,6-7,9-10H2,1H3. The number of halogens is 1. The molecule has 3 rings (SSSR count). The molecule has 110 valence electrons. The van der Waals surface area contributed by atoms with Crippen molar-refractivity contribution in [2.75, 3.05) is 18.0 Å². The quantitative estimate of drug-likeness (QED) is 0.850. The summed E-state index contributed by atoms with van der Waals surface area (Å²) in [5, 5.41) is 0. The maximum atomic E-state index is 6.05. The highest BCUT2D eigenvalue weighted by Gasteiger charge is 2.22. The Hall–Kier alpha value is -1.62. The number of ether oxygens (including phenoxy) is 1. The molecule has 2 heterocycles. The summed E-state index contributed by atoms with van der Waals surface area (Å²) in [6.07, 6.45) is 4.07. The minimum Gasteiger partial charge on any atom is -0.490 e. The van der Waals surface area contributed by atoms with Crippen LogP contribution in [0.25, 0.3) is 0 Å². The Morgan fingerprint density at radius 1 is 1.24 bits per heavy atom. The predicted octanol–water partition coefficient (Wildman–Crippen LogP) is 3.60. The molecule has 4 nitrogen and oxygen atoms in total. The lowest BCUT2D eigenvalue weighted by molar-refractivity contribution is 0.170. The summed E-state index contributed by atoms with van der Waals surface area (Å²) >= 11 is 3.47. The van der Waals surface area contributed by atoms with Crippen LogP contribution >= 0.6 is 15.9 Å². The number of hydrogen-bond acceptors (Lipinski definition) is 4. The topological polar surface area (TPSA) is 38.2 Å². The van der Waals surface area contributed by atoms with Crippen molar-refractivity contribution in [3.63, 3.8) is 0 Å². The molecular formula is C16H18BrN3O. The van der Waals surface area contributed by atoms with Crippen molar-refractivity contribution in [1.29, 1.82) is 0 Å². The average molecular weight is 348 g/mol. The predicted molar refractivity (Wildman–Crippen MR) is 86.8 cm³/mol. The van der Waals surface area contributed by atoms with E-state index < -0.39 is 0 Å². The van der Waals surface area contributed by atoms with Crippen LogP contribution in [-0.2, 0) is 0 Å². The van der Waals surface area contributed by atoms with E-state index >= 15 is 0 Å². The third kappa shape index (κ3) is 3.73. The minimum atomic E-state index is 0.264. The minimum absolute atomic E-state index is 0.264. The summed E-state index contributed by atoms with van der Waals surface area (Å²) in [6, 6.07) is 9.93. The molecule has 0 amide bonds. The Kier molecular flexibility index (Phi) is 4.39. The summed E-state index contributed by atoms with van der Waals surface area (Å²) in [5.74, 6) is 1.76. The Morgan fingerprint density at radius 2 is 2.05 bits per heavy atom. The molecule has 1 aliphatic heterocycles. The molecule has 0 saturated carbocycles. The molecule has 1 aromatic heterocycles. The highest BCUT2D eigenvalue weighted by Crippen LogP contribution is 2.23. The lowest BCUT2D eigenvalue weighted by Crippen LogP contribution is -2.39. The average Bonchev–Trinajstić information content (AvgIpc) is 2.48. The van der Waals surface area contributed by atoms with Crippen molar-refractivity contribution in [3.05, 3.63) is 46.7 Å². The van der Waals surface area contributed by atoms with Crippen molar-refractivity contribution < 1.29 is 4.74 Å². The number of aromatic nitrogens is 2. The van der Waals surface area contributed by atoms with Gasteiger partial charge in [-0.05, 0) is 31.2 Å². The summed E-state index contributed by atoms with van der Waals surface area (Å²) in [6.45, 7) is 3.86. The van der Waals surface area contributed by atoms with E-state index in [2.05, 4.69) is 30.8 Å². The van der Waals surface area contributed by atoms with Crippen molar-refractivity contribution in [2.24, 2.45) is 0 Å². The van der Waals surface area contributed by atoms with Gasteiger partial charge in [-0.25, -0.2) is 9.97 Å². The van der Waals surface area contributed by atoms with Crippen molar-refractivity contribution >= 4 is 21.9 Å². The number of aryl methyl sites for hydroxylation is 1. The third-order valence-electron chi connectivity index (χ3n) is 3.61. The Bertz CT molecular complexity index is 612. The lowest BCUT2D eigenvalue weighted by atomic mass is 10.1. The van der Waals surface area contributed by atoms with Crippen molar-refractivity contribution in [2.45, 2.75) is 25.9 Å². The SMILES string of the molecule is Cc1ccnc(N2CCC(Oc3cccc(Br)c3)CC2)n1. The van der Waals surface area contributed by atoms with Gasteiger partial charge in [0.2, 0.25) is 5.95 Å². The molecule has 0 N–H and O–H groups in total. The number of rotatable bonds is 3. The van der Waals surface area contributed by atoms with E-state index in [1.165, 1.54) is 0 Å². The second kappa shape index (κ2) is 6.43. The summed E-state index contributed by atoms with van der Waals surface area (Å²) in [4.78, 5) is 11.1. The van der Waals surface area contributed by atoms with Gasteiger partial charge in [0.1, 0.15) is 11.9 Å². The molecule has 0 unspecified atom stereocenters. The maximum absolute atomic E-state index is 6.05. The molecule has 2 aromatic rings. The zero-order valence-corrected chi connectivity index (χ0v) is 13.6. The van der Waals surface area contributed by atoms with E-state index in [-0.39, 0.29) is 6.10 Å². The number of hydrogen-bond donors (Lipinski definition) is 0. The van der Waals surface area contributed by atoms with Gasteiger partial charge < -0.3 is 9.64 Å². The summed E-state index contributed by atoms with van der Waals surface area (Å²) in [5.41, 5.74) is 1.01. The highest BCUT2D eigenvalue weighted by molar-refractivity contribution is 9.10. The molecule has 0 radical (unpaired) electrons. The molecule has 1 aliphatic rings. The van der Waals surface area contributed by atoms with Gasteiger partial charge in [0.15, 0.2) is 0 Å². The van der Waals surface area contributed by atoms with Gasteiger partial charge >= 0.3 is 0 Å². The van der Waals surface area contributed by atoms with Crippen LogP contribution in [0.3, 0.4) is 0 Å². The molecule has 0 spiro atoms. The second-order valence-electron chi connectivity index (χ2n) is 5.26. The normalized spacial score (nSPS) is 16.0.